The molecule has 164 valence electrons. The third kappa shape index (κ3) is 5.99. The van der Waals surface area contributed by atoms with E-state index in [4.69, 9.17) is 4.74 Å². The molecule has 0 saturated heterocycles. The van der Waals surface area contributed by atoms with E-state index in [1.54, 1.807) is 11.8 Å². The lowest BCUT2D eigenvalue weighted by atomic mass is 10.1. The number of nitrogens with one attached hydrogen (secondary N) is 1. The third-order valence-electron chi connectivity index (χ3n) is 5.16. The largest absolute Gasteiger partial charge is 0.374 e. The molecule has 2 heterocycles. The number of amides is 1. The van der Waals surface area contributed by atoms with Gasteiger partial charge in [-0.05, 0) is 55.3 Å². The Hall–Kier alpha value is -3.09. The molecule has 1 atom stereocenters. The van der Waals surface area contributed by atoms with E-state index >= 15 is 0 Å². The van der Waals surface area contributed by atoms with Crippen molar-refractivity contribution in [3.8, 4) is 0 Å². The Balaban J connectivity index is 1.17. The van der Waals surface area contributed by atoms with E-state index in [0.29, 0.717) is 18.7 Å². The number of carbonyl (C=O) groups excluding carboxylic acids is 1. The normalized spacial score (nSPS) is 12.0. The van der Waals surface area contributed by atoms with Gasteiger partial charge in [-0.1, -0.05) is 36.4 Å². The Morgan fingerprint density at radius 2 is 1.84 bits per heavy atom. The number of benzene rings is 2. The number of ether oxygens (including phenoxy) is 1. The summed E-state index contributed by atoms with van der Waals surface area (Å²) in [6.07, 6.45) is 4.88. The van der Waals surface area contributed by atoms with Gasteiger partial charge in [-0.3, -0.25) is 4.79 Å². The van der Waals surface area contributed by atoms with Crippen LogP contribution in [0, 0.1) is 0 Å². The maximum Gasteiger partial charge on any atom is 0.251 e. The van der Waals surface area contributed by atoms with Crippen LogP contribution in [-0.4, -0.2) is 28.4 Å². The van der Waals surface area contributed by atoms with Gasteiger partial charge in [-0.25, -0.2) is 4.98 Å². The second-order valence-electron chi connectivity index (χ2n) is 7.54. The quantitative estimate of drug-likeness (QED) is 0.258. The number of rotatable bonds is 10. The van der Waals surface area contributed by atoms with E-state index < -0.39 is 0 Å². The van der Waals surface area contributed by atoms with Crippen molar-refractivity contribution in [3.63, 3.8) is 0 Å². The Morgan fingerprint density at radius 3 is 2.62 bits per heavy atom. The molecule has 0 bridgehead atoms. The summed E-state index contributed by atoms with van der Waals surface area (Å²) < 4.78 is 7.88. The van der Waals surface area contributed by atoms with Crippen LogP contribution < -0.4 is 5.32 Å². The van der Waals surface area contributed by atoms with Crippen molar-refractivity contribution in [2.24, 2.45) is 0 Å². The molecule has 5 nitrogen and oxygen atoms in total. The first-order valence-electron chi connectivity index (χ1n) is 10.8. The second-order valence-corrected chi connectivity index (χ2v) is 8.59. The van der Waals surface area contributed by atoms with Crippen LogP contribution in [0.3, 0.4) is 0 Å². The average Bonchev–Trinajstić information content (AvgIpc) is 3.26. The second kappa shape index (κ2) is 11.0. The number of thioether (sulfide) groups is 1. The molecule has 2 aromatic carbocycles. The van der Waals surface area contributed by atoms with E-state index in [-0.39, 0.29) is 12.0 Å². The minimum atomic E-state index is -0.0574. The average molecular weight is 446 g/mol. The molecule has 0 aliphatic rings. The maximum absolute atomic E-state index is 12.4. The molecular formula is C26H27N3O2S. The summed E-state index contributed by atoms with van der Waals surface area (Å²) >= 11 is 1.71. The van der Waals surface area contributed by atoms with Gasteiger partial charge in [-0.15, -0.1) is 11.8 Å². The van der Waals surface area contributed by atoms with Gasteiger partial charge in [0.1, 0.15) is 5.65 Å². The van der Waals surface area contributed by atoms with Gasteiger partial charge in [0.05, 0.1) is 11.8 Å². The van der Waals surface area contributed by atoms with Gasteiger partial charge in [0.2, 0.25) is 0 Å². The maximum atomic E-state index is 12.4. The predicted octanol–water partition coefficient (Wildman–Crippen LogP) is 5.52. The standard InChI is InChI=1S/C26H27N3O2S/c1-20(21-8-3-2-4-9-21)31-17-7-15-27-26(30)22-11-13-24(14-12-22)32-19-23-18-29-16-6-5-10-25(29)28-23/h2-6,8-14,16,18,20H,7,15,17,19H2,1H3,(H,27,30). The zero-order valence-electron chi connectivity index (χ0n) is 18.1. The molecule has 1 amide bonds. The monoisotopic (exact) mass is 445 g/mol. The number of imidazole rings is 1. The zero-order chi connectivity index (χ0) is 22.2. The molecule has 0 saturated carbocycles. The number of carbonyl (C=O) groups is 1. The van der Waals surface area contributed by atoms with E-state index in [0.717, 1.165) is 34.0 Å². The molecule has 2 aromatic heterocycles. The van der Waals surface area contributed by atoms with Crippen molar-refractivity contribution >= 4 is 23.3 Å². The predicted molar refractivity (Wildman–Crippen MR) is 129 cm³/mol. The number of hydrogen-bond acceptors (Lipinski definition) is 4. The zero-order valence-corrected chi connectivity index (χ0v) is 18.9. The van der Waals surface area contributed by atoms with Crippen molar-refractivity contribution < 1.29 is 9.53 Å². The highest BCUT2D eigenvalue weighted by atomic mass is 32.2. The van der Waals surface area contributed by atoms with Crippen molar-refractivity contribution in [2.75, 3.05) is 13.2 Å². The first-order valence-corrected chi connectivity index (χ1v) is 11.8. The van der Waals surface area contributed by atoms with Gasteiger partial charge >= 0.3 is 0 Å². The van der Waals surface area contributed by atoms with Crippen LogP contribution in [0.2, 0.25) is 0 Å². The number of aromatic nitrogens is 2. The molecule has 6 heteroatoms. The Kier molecular flexibility index (Phi) is 7.59. The minimum absolute atomic E-state index is 0.0532. The first-order chi connectivity index (χ1) is 15.7. The van der Waals surface area contributed by atoms with Crippen LogP contribution in [0.15, 0.2) is 90.1 Å². The van der Waals surface area contributed by atoms with Crippen LogP contribution in [0.1, 0.15) is 41.1 Å². The van der Waals surface area contributed by atoms with E-state index in [1.165, 1.54) is 0 Å². The highest BCUT2D eigenvalue weighted by molar-refractivity contribution is 7.98. The Bertz CT molecular complexity index is 1110. The highest BCUT2D eigenvalue weighted by Gasteiger charge is 2.08. The number of hydrogen-bond donors (Lipinski definition) is 1. The molecule has 1 N–H and O–H groups in total. The molecule has 0 spiro atoms. The topological polar surface area (TPSA) is 55.6 Å². The van der Waals surface area contributed by atoms with Crippen LogP contribution in [-0.2, 0) is 10.5 Å². The first kappa shape index (κ1) is 22.1. The number of fused-ring (bicyclic) bond motifs is 1. The molecular weight excluding hydrogens is 418 g/mol. The smallest absolute Gasteiger partial charge is 0.251 e. The van der Waals surface area contributed by atoms with E-state index in [2.05, 4.69) is 28.6 Å². The van der Waals surface area contributed by atoms with Crippen molar-refractivity contribution in [1.82, 2.24) is 14.7 Å². The van der Waals surface area contributed by atoms with Crippen molar-refractivity contribution in [3.05, 3.63) is 102 Å². The van der Waals surface area contributed by atoms with Gasteiger partial charge in [-0.2, -0.15) is 0 Å². The molecule has 32 heavy (non-hydrogen) atoms. The lowest BCUT2D eigenvalue weighted by Crippen LogP contribution is -2.25. The van der Waals surface area contributed by atoms with Gasteiger partial charge in [0.25, 0.3) is 5.91 Å². The fraction of sp³-hybridized carbons (Fsp3) is 0.231. The lowest BCUT2D eigenvalue weighted by Gasteiger charge is -2.13. The van der Waals surface area contributed by atoms with Crippen molar-refractivity contribution in [1.29, 1.82) is 0 Å². The molecule has 4 aromatic rings. The summed E-state index contributed by atoms with van der Waals surface area (Å²) in [5, 5.41) is 2.97. The van der Waals surface area contributed by atoms with Crippen LogP contribution >= 0.6 is 11.8 Å². The van der Waals surface area contributed by atoms with Crippen LogP contribution in [0.4, 0.5) is 0 Å². The molecule has 0 aliphatic heterocycles. The fourth-order valence-corrected chi connectivity index (χ4v) is 4.16. The molecule has 0 radical (unpaired) electrons. The molecule has 0 fully saturated rings. The summed E-state index contributed by atoms with van der Waals surface area (Å²) in [4.78, 5) is 18.1. The highest BCUT2D eigenvalue weighted by Crippen LogP contribution is 2.23. The summed E-state index contributed by atoms with van der Waals surface area (Å²) in [7, 11) is 0. The van der Waals surface area contributed by atoms with E-state index in [9.17, 15) is 4.79 Å². The van der Waals surface area contributed by atoms with E-state index in [1.807, 2.05) is 78.2 Å². The van der Waals surface area contributed by atoms with Crippen LogP contribution in [0.25, 0.3) is 5.65 Å². The fourth-order valence-electron chi connectivity index (χ4n) is 3.37. The molecule has 0 aliphatic carbocycles. The summed E-state index contributed by atoms with van der Waals surface area (Å²) in [5.41, 5.74) is 3.82. The Morgan fingerprint density at radius 1 is 1.06 bits per heavy atom. The van der Waals surface area contributed by atoms with Gasteiger partial charge in [0.15, 0.2) is 0 Å². The number of nitrogens with zero attached hydrogens (tertiary/aromatic N) is 2. The van der Waals surface area contributed by atoms with Gasteiger partial charge in [0, 0.05) is 41.8 Å². The summed E-state index contributed by atoms with van der Waals surface area (Å²) in [5.74, 6) is 0.729. The molecule has 1 unspecified atom stereocenters. The van der Waals surface area contributed by atoms with Crippen LogP contribution in [0.5, 0.6) is 0 Å². The number of pyridine rings is 1. The van der Waals surface area contributed by atoms with Crippen molar-refractivity contribution in [2.45, 2.75) is 30.1 Å². The SMILES string of the molecule is CC(OCCCNC(=O)c1ccc(SCc2cn3ccccc3n2)cc1)c1ccccc1. The summed E-state index contributed by atoms with van der Waals surface area (Å²) in [6.45, 7) is 3.24. The third-order valence-corrected chi connectivity index (χ3v) is 6.21. The Labute approximate surface area is 192 Å². The summed E-state index contributed by atoms with van der Waals surface area (Å²) in [6, 6.07) is 23.8. The van der Waals surface area contributed by atoms with Gasteiger partial charge < -0.3 is 14.5 Å². The molecule has 4 rings (SSSR count). The lowest BCUT2D eigenvalue weighted by molar-refractivity contribution is 0.0635. The minimum Gasteiger partial charge on any atom is -0.374 e.